The first kappa shape index (κ1) is 19.2. The number of carbonyl (C=O) groups is 1. The molecule has 1 aromatic heterocycles. The van der Waals surface area contributed by atoms with Crippen LogP contribution in [0.3, 0.4) is 0 Å². The van der Waals surface area contributed by atoms with Crippen molar-refractivity contribution < 1.29 is 19.0 Å². The summed E-state index contributed by atoms with van der Waals surface area (Å²) in [4.78, 5) is 16.6. The standard InChI is InChI=1S/C20H18ClNO4S/c1-24-17-8-3-13(9-18(17)25-2)10-19(23)26-11-16-12-27-20(22-16)14-4-6-15(21)7-5-14/h3-9,12H,10-11H2,1-2H3. The molecule has 0 saturated carbocycles. The highest BCUT2D eigenvalue weighted by Crippen LogP contribution is 2.28. The van der Waals surface area contributed by atoms with Crippen LogP contribution < -0.4 is 9.47 Å². The number of ether oxygens (including phenoxy) is 3. The molecular formula is C20H18ClNO4S. The Morgan fingerprint density at radius 3 is 2.52 bits per heavy atom. The highest BCUT2D eigenvalue weighted by Gasteiger charge is 2.11. The zero-order valence-corrected chi connectivity index (χ0v) is 16.5. The number of benzene rings is 2. The molecule has 5 nitrogen and oxygen atoms in total. The van der Waals surface area contributed by atoms with E-state index in [1.165, 1.54) is 11.3 Å². The Morgan fingerprint density at radius 1 is 1.07 bits per heavy atom. The molecule has 140 valence electrons. The highest BCUT2D eigenvalue weighted by molar-refractivity contribution is 7.13. The second kappa shape index (κ2) is 8.88. The molecule has 2 aromatic carbocycles. The van der Waals surface area contributed by atoms with Gasteiger partial charge in [0, 0.05) is 16.0 Å². The summed E-state index contributed by atoms with van der Waals surface area (Å²) < 4.78 is 15.8. The van der Waals surface area contributed by atoms with Crippen LogP contribution in [0.4, 0.5) is 0 Å². The Labute approximate surface area is 166 Å². The number of aromatic nitrogens is 1. The number of carbonyl (C=O) groups excluding carboxylic acids is 1. The lowest BCUT2D eigenvalue weighted by Gasteiger charge is -2.09. The zero-order valence-electron chi connectivity index (χ0n) is 14.9. The summed E-state index contributed by atoms with van der Waals surface area (Å²) in [6.45, 7) is 0.135. The van der Waals surface area contributed by atoms with E-state index in [1.54, 1.807) is 26.4 Å². The van der Waals surface area contributed by atoms with Gasteiger partial charge in [-0.3, -0.25) is 4.79 Å². The molecule has 0 fully saturated rings. The lowest BCUT2D eigenvalue weighted by atomic mass is 10.1. The Morgan fingerprint density at radius 2 is 1.81 bits per heavy atom. The van der Waals surface area contributed by atoms with E-state index in [0.29, 0.717) is 22.2 Å². The van der Waals surface area contributed by atoms with Crippen molar-refractivity contribution in [2.75, 3.05) is 14.2 Å². The fraction of sp³-hybridized carbons (Fsp3) is 0.200. The van der Waals surface area contributed by atoms with Gasteiger partial charge in [0.25, 0.3) is 0 Å². The summed E-state index contributed by atoms with van der Waals surface area (Å²) in [7, 11) is 3.12. The summed E-state index contributed by atoms with van der Waals surface area (Å²) in [5, 5.41) is 3.42. The summed E-state index contributed by atoms with van der Waals surface area (Å²) in [5.41, 5.74) is 2.48. The molecule has 0 aliphatic rings. The average molecular weight is 404 g/mol. The van der Waals surface area contributed by atoms with Crippen LogP contribution in [0.15, 0.2) is 47.8 Å². The van der Waals surface area contributed by atoms with E-state index in [0.717, 1.165) is 16.1 Å². The van der Waals surface area contributed by atoms with Crippen molar-refractivity contribution >= 4 is 28.9 Å². The summed E-state index contributed by atoms with van der Waals surface area (Å²) in [5.74, 6) is 0.866. The third-order valence-corrected chi connectivity index (χ3v) is 5.01. The van der Waals surface area contributed by atoms with Crippen molar-refractivity contribution in [2.45, 2.75) is 13.0 Å². The Kier molecular flexibility index (Phi) is 6.32. The van der Waals surface area contributed by atoms with Gasteiger partial charge in [-0.1, -0.05) is 29.8 Å². The fourth-order valence-electron chi connectivity index (χ4n) is 2.46. The summed E-state index contributed by atoms with van der Waals surface area (Å²) in [6, 6.07) is 12.8. The molecule has 0 saturated heterocycles. The van der Waals surface area contributed by atoms with E-state index in [-0.39, 0.29) is 19.0 Å². The van der Waals surface area contributed by atoms with Crippen LogP contribution in [-0.4, -0.2) is 25.2 Å². The number of thiazole rings is 1. The normalized spacial score (nSPS) is 10.5. The maximum atomic E-state index is 12.1. The number of halogens is 1. The maximum absolute atomic E-state index is 12.1. The second-order valence-corrected chi connectivity index (χ2v) is 6.97. The van der Waals surface area contributed by atoms with Crippen LogP contribution in [0.1, 0.15) is 11.3 Å². The largest absolute Gasteiger partial charge is 0.493 e. The third-order valence-electron chi connectivity index (χ3n) is 3.82. The lowest BCUT2D eigenvalue weighted by molar-refractivity contribution is -0.144. The smallest absolute Gasteiger partial charge is 0.310 e. The molecule has 1 heterocycles. The monoisotopic (exact) mass is 403 g/mol. The predicted octanol–water partition coefficient (Wildman–Crippen LogP) is 4.77. The molecule has 3 rings (SSSR count). The minimum atomic E-state index is -0.330. The highest BCUT2D eigenvalue weighted by atomic mass is 35.5. The van der Waals surface area contributed by atoms with Crippen LogP contribution in [-0.2, 0) is 22.6 Å². The van der Waals surface area contributed by atoms with Gasteiger partial charge in [-0.25, -0.2) is 4.98 Å². The van der Waals surface area contributed by atoms with Crippen LogP contribution in [0.2, 0.25) is 5.02 Å². The molecule has 0 amide bonds. The molecule has 0 bridgehead atoms. The van der Waals surface area contributed by atoms with E-state index in [9.17, 15) is 4.79 Å². The number of esters is 1. The first-order valence-electron chi connectivity index (χ1n) is 8.16. The number of hydrogen-bond donors (Lipinski definition) is 0. The Hall–Kier alpha value is -2.57. The first-order chi connectivity index (χ1) is 13.1. The van der Waals surface area contributed by atoms with E-state index in [4.69, 9.17) is 25.8 Å². The van der Waals surface area contributed by atoms with Crippen molar-refractivity contribution in [2.24, 2.45) is 0 Å². The summed E-state index contributed by atoms with van der Waals surface area (Å²) in [6.07, 6.45) is 0.147. The van der Waals surface area contributed by atoms with E-state index >= 15 is 0 Å². The minimum Gasteiger partial charge on any atom is -0.493 e. The van der Waals surface area contributed by atoms with Gasteiger partial charge >= 0.3 is 5.97 Å². The number of hydrogen-bond acceptors (Lipinski definition) is 6. The quantitative estimate of drug-likeness (QED) is 0.532. The molecule has 0 aliphatic carbocycles. The van der Waals surface area contributed by atoms with Crippen LogP contribution in [0.5, 0.6) is 11.5 Å². The van der Waals surface area contributed by atoms with Gasteiger partial charge in [-0.2, -0.15) is 0 Å². The maximum Gasteiger partial charge on any atom is 0.310 e. The predicted molar refractivity (Wildman–Crippen MR) is 106 cm³/mol. The van der Waals surface area contributed by atoms with Gasteiger partial charge in [0.2, 0.25) is 0 Å². The minimum absolute atomic E-state index is 0.135. The van der Waals surface area contributed by atoms with Crippen molar-refractivity contribution in [3.8, 4) is 22.1 Å². The molecule has 0 atom stereocenters. The SMILES string of the molecule is COc1ccc(CC(=O)OCc2csc(-c3ccc(Cl)cc3)n2)cc1OC. The van der Waals surface area contributed by atoms with Gasteiger partial charge in [0.1, 0.15) is 11.6 Å². The fourth-order valence-corrected chi connectivity index (χ4v) is 3.40. The number of nitrogens with zero attached hydrogens (tertiary/aromatic N) is 1. The van der Waals surface area contributed by atoms with Gasteiger partial charge in [-0.15, -0.1) is 11.3 Å². The molecule has 0 aliphatic heterocycles. The zero-order chi connectivity index (χ0) is 19.2. The van der Waals surface area contributed by atoms with Gasteiger partial charge in [0.15, 0.2) is 11.5 Å². The van der Waals surface area contributed by atoms with E-state index in [1.807, 2.05) is 35.7 Å². The molecule has 27 heavy (non-hydrogen) atoms. The van der Waals surface area contributed by atoms with Crippen LogP contribution >= 0.6 is 22.9 Å². The average Bonchev–Trinajstić information content (AvgIpc) is 3.16. The topological polar surface area (TPSA) is 57.7 Å². The molecule has 0 spiro atoms. The Balaban J connectivity index is 1.57. The van der Waals surface area contributed by atoms with E-state index in [2.05, 4.69) is 4.98 Å². The molecule has 7 heteroatoms. The van der Waals surface area contributed by atoms with Crippen molar-refractivity contribution in [3.05, 3.63) is 64.1 Å². The molecule has 0 unspecified atom stereocenters. The van der Waals surface area contributed by atoms with Crippen molar-refractivity contribution in [1.29, 1.82) is 0 Å². The van der Waals surface area contributed by atoms with Crippen molar-refractivity contribution in [1.82, 2.24) is 4.98 Å². The Bertz CT molecular complexity index is 924. The van der Waals surface area contributed by atoms with Crippen LogP contribution in [0.25, 0.3) is 10.6 Å². The number of methoxy groups -OCH3 is 2. The molecular weight excluding hydrogens is 386 g/mol. The molecule has 3 aromatic rings. The van der Waals surface area contributed by atoms with Crippen LogP contribution in [0, 0.1) is 0 Å². The number of rotatable bonds is 7. The van der Waals surface area contributed by atoms with Gasteiger partial charge in [-0.05, 0) is 29.8 Å². The second-order valence-electron chi connectivity index (χ2n) is 5.68. The third kappa shape index (κ3) is 4.99. The lowest BCUT2D eigenvalue weighted by Crippen LogP contribution is -2.08. The van der Waals surface area contributed by atoms with Gasteiger partial charge < -0.3 is 14.2 Å². The summed E-state index contributed by atoms with van der Waals surface area (Å²) >= 11 is 7.40. The van der Waals surface area contributed by atoms with Gasteiger partial charge in [0.05, 0.1) is 26.3 Å². The van der Waals surface area contributed by atoms with E-state index < -0.39 is 0 Å². The molecule has 0 radical (unpaired) electrons. The molecule has 0 N–H and O–H groups in total. The first-order valence-corrected chi connectivity index (χ1v) is 9.41. The van der Waals surface area contributed by atoms with Crippen molar-refractivity contribution in [3.63, 3.8) is 0 Å².